The van der Waals surface area contributed by atoms with E-state index >= 15 is 0 Å². The number of hydrogen-bond donors (Lipinski definition) is 0. The van der Waals surface area contributed by atoms with Crippen LogP contribution in [0, 0.1) is 17.2 Å². The molecular formula is C16H14N6O. The first-order chi connectivity index (χ1) is 11.2. The highest BCUT2D eigenvalue weighted by atomic mass is 16.2. The molecule has 114 valence electrons. The number of rotatable bonds is 2. The van der Waals surface area contributed by atoms with E-state index in [0.29, 0.717) is 13.0 Å². The summed E-state index contributed by atoms with van der Waals surface area (Å²) in [6, 6.07) is 5.88. The number of hydrogen-bond acceptors (Lipinski definition) is 4. The van der Waals surface area contributed by atoms with Crippen LogP contribution in [0.3, 0.4) is 0 Å². The minimum atomic E-state index is -0.545. The molecule has 0 unspecified atom stereocenters. The van der Waals surface area contributed by atoms with Gasteiger partial charge in [0.1, 0.15) is 5.92 Å². The first-order valence-corrected chi connectivity index (χ1v) is 7.35. The second kappa shape index (κ2) is 4.95. The Bertz CT molecular complexity index is 947. The van der Waals surface area contributed by atoms with E-state index in [2.05, 4.69) is 16.3 Å². The van der Waals surface area contributed by atoms with Crippen LogP contribution in [-0.4, -0.2) is 31.8 Å². The van der Waals surface area contributed by atoms with E-state index in [-0.39, 0.29) is 5.91 Å². The third-order valence-corrected chi connectivity index (χ3v) is 4.18. The molecule has 1 aliphatic heterocycles. The lowest BCUT2D eigenvalue weighted by Gasteiger charge is -2.16. The summed E-state index contributed by atoms with van der Waals surface area (Å²) in [6.45, 7) is 0.560. The van der Waals surface area contributed by atoms with Gasteiger partial charge in [0.15, 0.2) is 0 Å². The summed E-state index contributed by atoms with van der Waals surface area (Å²) in [4.78, 5) is 14.0. The highest BCUT2D eigenvalue weighted by Gasteiger charge is 2.33. The fraction of sp³-hybridized carbons (Fsp3) is 0.250. The van der Waals surface area contributed by atoms with Crippen molar-refractivity contribution >= 4 is 17.1 Å². The Labute approximate surface area is 132 Å². The molecule has 0 spiro atoms. The van der Waals surface area contributed by atoms with E-state index in [1.165, 1.54) is 0 Å². The van der Waals surface area contributed by atoms with E-state index in [9.17, 15) is 4.79 Å². The van der Waals surface area contributed by atoms with Crippen LogP contribution in [0.15, 0.2) is 36.9 Å². The van der Waals surface area contributed by atoms with E-state index in [0.717, 1.165) is 22.3 Å². The van der Waals surface area contributed by atoms with E-state index in [1.807, 2.05) is 31.6 Å². The van der Waals surface area contributed by atoms with Crippen LogP contribution in [0.1, 0.15) is 6.42 Å². The lowest BCUT2D eigenvalue weighted by atomic mass is 10.1. The lowest BCUT2D eigenvalue weighted by Crippen LogP contribution is -2.27. The Balaban J connectivity index is 1.81. The SMILES string of the molecule is Cn1cc(-c2cc3c(N4CC[C@H](C#N)C4=O)ccnn3c2)cn1. The van der Waals surface area contributed by atoms with Crippen molar-refractivity contribution in [3.05, 3.63) is 36.9 Å². The van der Waals surface area contributed by atoms with Gasteiger partial charge < -0.3 is 4.90 Å². The van der Waals surface area contributed by atoms with Crippen LogP contribution >= 0.6 is 0 Å². The third kappa shape index (κ3) is 2.07. The molecule has 7 nitrogen and oxygen atoms in total. The van der Waals surface area contributed by atoms with Crippen molar-refractivity contribution in [2.24, 2.45) is 13.0 Å². The first kappa shape index (κ1) is 13.5. The molecule has 0 aliphatic carbocycles. The van der Waals surface area contributed by atoms with Crippen LogP contribution in [0.4, 0.5) is 5.69 Å². The smallest absolute Gasteiger partial charge is 0.244 e. The van der Waals surface area contributed by atoms with Gasteiger partial charge in [-0.2, -0.15) is 15.5 Å². The Morgan fingerprint density at radius 2 is 2.17 bits per heavy atom. The number of amides is 1. The molecular weight excluding hydrogens is 292 g/mol. The summed E-state index contributed by atoms with van der Waals surface area (Å²) in [7, 11) is 1.87. The van der Waals surface area contributed by atoms with Gasteiger partial charge in [-0.05, 0) is 18.6 Å². The number of carbonyl (C=O) groups is 1. The van der Waals surface area contributed by atoms with Crippen LogP contribution in [0.25, 0.3) is 16.6 Å². The Hall–Kier alpha value is -3.14. The molecule has 0 saturated carbocycles. The van der Waals surface area contributed by atoms with Gasteiger partial charge in [-0.1, -0.05) is 0 Å². The Morgan fingerprint density at radius 3 is 2.87 bits per heavy atom. The van der Waals surface area contributed by atoms with Gasteiger partial charge in [0, 0.05) is 43.3 Å². The number of nitrogens with zero attached hydrogens (tertiary/aromatic N) is 6. The van der Waals surface area contributed by atoms with Crippen LogP contribution in [0.5, 0.6) is 0 Å². The predicted molar refractivity (Wildman–Crippen MR) is 83.5 cm³/mol. The monoisotopic (exact) mass is 306 g/mol. The van der Waals surface area contributed by atoms with Gasteiger partial charge >= 0.3 is 0 Å². The van der Waals surface area contributed by atoms with Gasteiger partial charge in [-0.25, -0.2) is 4.52 Å². The maximum atomic E-state index is 12.3. The van der Waals surface area contributed by atoms with Crippen molar-refractivity contribution in [3.8, 4) is 17.2 Å². The fourth-order valence-corrected chi connectivity index (χ4v) is 3.00. The second-order valence-electron chi connectivity index (χ2n) is 5.64. The highest BCUT2D eigenvalue weighted by molar-refractivity contribution is 6.02. The maximum absolute atomic E-state index is 12.3. The third-order valence-electron chi connectivity index (χ3n) is 4.18. The van der Waals surface area contributed by atoms with Crippen molar-refractivity contribution in [2.75, 3.05) is 11.4 Å². The van der Waals surface area contributed by atoms with Crippen molar-refractivity contribution in [1.82, 2.24) is 19.4 Å². The summed E-state index contributed by atoms with van der Waals surface area (Å²) in [5, 5.41) is 17.5. The molecule has 23 heavy (non-hydrogen) atoms. The number of carbonyl (C=O) groups excluding carboxylic acids is 1. The molecule has 1 saturated heterocycles. The van der Waals surface area contributed by atoms with Gasteiger partial charge in [-0.15, -0.1) is 0 Å². The number of aryl methyl sites for hydroxylation is 1. The molecule has 0 radical (unpaired) electrons. The number of fused-ring (bicyclic) bond motifs is 1. The van der Waals surface area contributed by atoms with Gasteiger partial charge in [0.2, 0.25) is 5.91 Å². The zero-order valence-corrected chi connectivity index (χ0v) is 12.5. The van der Waals surface area contributed by atoms with Gasteiger partial charge in [-0.3, -0.25) is 9.48 Å². The van der Waals surface area contributed by atoms with E-state index in [1.54, 1.807) is 26.5 Å². The Morgan fingerprint density at radius 1 is 1.30 bits per heavy atom. The number of aromatic nitrogens is 4. The summed E-state index contributed by atoms with van der Waals surface area (Å²) >= 11 is 0. The molecule has 1 atom stereocenters. The molecule has 0 N–H and O–H groups in total. The van der Waals surface area contributed by atoms with E-state index in [4.69, 9.17) is 5.26 Å². The highest BCUT2D eigenvalue weighted by Crippen LogP contribution is 2.31. The predicted octanol–water partition coefficient (Wildman–Crippen LogP) is 1.61. The van der Waals surface area contributed by atoms with Crippen LogP contribution in [0.2, 0.25) is 0 Å². The summed E-state index contributed by atoms with van der Waals surface area (Å²) in [5.41, 5.74) is 3.62. The molecule has 4 heterocycles. The lowest BCUT2D eigenvalue weighted by molar-refractivity contribution is -0.118. The van der Waals surface area contributed by atoms with Crippen molar-refractivity contribution in [2.45, 2.75) is 6.42 Å². The molecule has 0 aromatic carbocycles. The van der Waals surface area contributed by atoms with Crippen molar-refractivity contribution < 1.29 is 4.79 Å². The molecule has 3 aromatic heterocycles. The number of nitriles is 1. The normalized spacial score (nSPS) is 17.8. The summed E-state index contributed by atoms with van der Waals surface area (Å²) in [5.74, 6) is -0.680. The van der Waals surface area contributed by atoms with Gasteiger partial charge in [0.25, 0.3) is 0 Å². The first-order valence-electron chi connectivity index (χ1n) is 7.35. The quantitative estimate of drug-likeness (QED) is 0.720. The van der Waals surface area contributed by atoms with Crippen LogP contribution < -0.4 is 4.90 Å². The van der Waals surface area contributed by atoms with Crippen molar-refractivity contribution in [3.63, 3.8) is 0 Å². The summed E-state index contributed by atoms with van der Waals surface area (Å²) < 4.78 is 3.50. The average molecular weight is 306 g/mol. The molecule has 1 amide bonds. The zero-order chi connectivity index (χ0) is 16.0. The average Bonchev–Trinajstić information content (AvgIpc) is 3.24. The molecule has 3 aromatic rings. The molecule has 7 heteroatoms. The topological polar surface area (TPSA) is 79.2 Å². The molecule has 1 fully saturated rings. The van der Waals surface area contributed by atoms with Gasteiger partial charge in [0.05, 0.1) is 23.5 Å². The minimum Gasteiger partial charge on any atom is -0.309 e. The van der Waals surface area contributed by atoms with Crippen molar-refractivity contribution in [1.29, 1.82) is 5.26 Å². The Kier molecular flexibility index (Phi) is 2.91. The molecule has 0 bridgehead atoms. The van der Waals surface area contributed by atoms with E-state index < -0.39 is 5.92 Å². The minimum absolute atomic E-state index is 0.135. The fourth-order valence-electron chi connectivity index (χ4n) is 3.00. The number of anilines is 1. The maximum Gasteiger partial charge on any atom is 0.244 e. The van der Waals surface area contributed by atoms with Crippen LogP contribution in [-0.2, 0) is 11.8 Å². The molecule has 4 rings (SSSR count). The molecule has 1 aliphatic rings. The standard InChI is InChI=1S/C16H14N6O/c1-20-9-13(8-19-20)12-6-15-14(2-4-18-22(15)10-12)21-5-3-11(7-17)16(21)23/h2,4,6,8-11H,3,5H2,1H3/t11-/m1/s1. The summed E-state index contributed by atoms with van der Waals surface area (Å²) in [6.07, 6.45) is 7.88. The second-order valence-corrected chi connectivity index (χ2v) is 5.64. The largest absolute Gasteiger partial charge is 0.309 e. The zero-order valence-electron chi connectivity index (χ0n) is 12.5.